The highest BCUT2D eigenvalue weighted by atomic mass is 32.2. The highest BCUT2D eigenvalue weighted by Crippen LogP contribution is 2.12. The maximum absolute atomic E-state index is 11.1. The first kappa shape index (κ1) is 14.8. The molecule has 3 N–H and O–H groups in total. The molecule has 1 heterocycles. The summed E-state index contributed by atoms with van der Waals surface area (Å²) in [6.07, 6.45) is 0.892. The minimum Gasteiger partial charge on any atom is -0.447 e. The van der Waals surface area contributed by atoms with Crippen molar-refractivity contribution in [1.29, 1.82) is 0 Å². The molecule has 0 spiro atoms. The monoisotopic (exact) mass is 294 g/mol. The molecular formula is C14H18N2O3S. The number of furan rings is 1. The number of hydrogen-bond acceptors (Lipinski definition) is 4. The first-order chi connectivity index (χ1) is 9.45. The van der Waals surface area contributed by atoms with Crippen molar-refractivity contribution in [3.05, 3.63) is 53.8 Å². The van der Waals surface area contributed by atoms with Crippen LogP contribution in [0.15, 0.2) is 52.0 Å². The fourth-order valence-electron chi connectivity index (χ4n) is 1.92. The quantitative estimate of drug-likeness (QED) is 0.848. The fourth-order valence-corrected chi connectivity index (χ4v) is 2.40. The van der Waals surface area contributed by atoms with Crippen molar-refractivity contribution in [3.63, 3.8) is 0 Å². The Morgan fingerprint density at radius 2 is 1.90 bits per heavy atom. The van der Waals surface area contributed by atoms with Gasteiger partial charge in [-0.05, 0) is 31.0 Å². The third-order valence-corrected chi connectivity index (χ3v) is 3.71. The van der Waals surface area contributed by atoms with Crippen LogP contribution in [0.2, 0.25) is 0 Å². The van der Waals surface area contributed by atoms with Crippen molar-refractivity contribution in [3.8, 4) is 0 Å². The van der Waals surface area contributed by atoms with E-state index in [-0.39, 0.29) is 11.1 Å². The lowest BCUT2D eigenvalue weighted by molar-refractivity contribution is 0.391. The van der Waals surface area contributed by atoms with E-state index in [1.54, 1.807) is 6.07 Å². The molecule has 0 radical (unpaired) electrons. The number of nitrogens with two attached hydrogens (primary N) is 1. The van der Waals surface area contributed by atoms with E-state index < -0.39 is 10.0 Å². The molecule has 0 aliphatic heterocycles. The Hall–Kier alpha value is -1.63. The van der Waals surface area contributed by atoms with Crippen LogP contribution in [0.4, 0.5) is 0 Å². The molecule has 0 fully saturated rings. The maximum atomic E-state index is 11.1. The summed E-state index contributed by atoms with van der Waals surface area (Å²) in [6, 6.07) is 13.4. The van der Waals surface area contributed by atoms with Gasteiger partial charge in [-0.3, -0.25) is 0 Å². The van der Waals surface area contributed by atoms with Gasteiger partial charge in [0.1, 0.15) is 5.76 Å². The number of nitrogens with one attached hydrogen (secondary N) is 1. The molecule has 0 saturated carbocycles. The van der Waals surface area contributed by atoms with E-state index in [4.69, 9.17) is 9.56 Å². The summed E-state index contributed by atoms with van der Waals surface area (Å²) >= 11 is 0. The van der Waals surface area contributed by atoms with Gasteiger partial charge in [0.15, 0.2) is 0 Å². The Morgan fingerprint density at radius 3 is 2.50 bits per heavy atom. The zero-order chi connectivity index (χ0) is 14.6. The molecule has 2 rings (SSSR count). The van der Waals surface area contributed by atoms with E-state index >= 15 is 0 Å². The molecule has 0 saturated heterocycles. The van der Waals surface area contributed by atoms with Crippen LogP contribution in [0.3, 0.4) is 0 Å². The second-order valence-electron chi connectivity index (χ2n) is 4.74. The second-order valence-corrected chi connectivity index (χ2v) is 6.23. The minimum atomic E-state index is -3.76. The van der Waals surface area contributed by atoms with Crippen LogP contribution in [0.1, 0.15) is 18.2 Å². The first-order valence-electron chi connectivity index (χ1n) is 6.34. The largest absolute Gasteiger partial charge is 0.447 e. The van der Waals surface area contributed by atoms with Crippen LogP contribution in [0.5, 0.6) is 0 Å². The van der Waals surface area contributed by atoms with Gasteiger partial charge in [0.2, 0.25) is 5.09 Å². The SMILES string of the molecule is CC(Cc1ccccc1)NCc1ccc(S(N)(=O)=O)o1. The highest BCUT2D eigenvalue weighted by Gasteiger charge is 2.13. The zero-order valence-electron chi connectivity index (χ0n) is 11.2. The summed E-state index contributed by atoms with van der Waals surface area (Å²) in [5.74, 6) is 0.550. The summed E-state index contributed by atoms with van der Waals surface area (Å²) in [5, 5.41) is 8.07. The Bertz CT molecular complexity index is 650. The van der Waals surface area contributed by atoms with Crippen LogP contribution in [0.25, 0.3) is 0 Å². The van der Waals surface area contributed by atoms with Crippen molar-refractivity contribution in [1.82, 2.24) is 5.32 Å². The fraction of sp³-hybridized carbons (Fsp3) is 0.286. The smallest absolute Gasteiger partial charge is 0.271 e. The molecule has 0 bridgehead atoms. The van der Waals surface area contributed by atoms with E-state index in [1.807, 2.05) is 18.2 Å². The number of benzene rings is 1. The van der Waals surface area contributed by atoms with Gasteiger partial charge in [0.25, 0.3) is 10.0 Å². The Kier molecular flexibility index (Phi) is 4.59. The summed E-state index contributed by atoms with van der Waals surface area (Å²) in [5.41, 5.74) is 1.25. The normalized spacial score (nSPS) is 13.3. The lowest BCUT2D eigenvalue weighted by Gasteiger charge is -2.12. The molecule has 5 nitrogen and oxygen atoms in total. The topological polar surface area (TPSA) is 85.3 Å². The Balaban J connectivity index is 1.87. The third kappa shape index (κ3) is 4.19. The standard InChI is InChI=1S/C14H18N2O3S/c1-11(9-12-5-3-2-4-6-12)16-10-13-7-8-14(19-13)20(15,17)18/h2-8,11,16H,9-10H2,1H3,(H2,15,17,18). The Morgan fingerprint density at radius 1 is 1.20 bits per heavy atom. The molecule has 0 amide bonds. The van der Waals surface area contributed by atoms with E-state index in [1.165, 1.54) is 11.6 Å². The van der Waals surface area contributed by atoms with Crippen molar-refractivity contribution >= 4 is 10.0 Å². The van der Waals surface area contributed by atoms with E-state index in [0.717, 1.165) is 6.42 Å². The molecule has 108 valence electrons. The van der Waals surface area contributed by atoms with Crippen LogP contribution >= 0.6 is 0 Å². The maximum Gasteiger partial charge on any atom is 0.271 e. The molecule has 6 heteroatoms. The van der Waals surface area contributed by atoms with Crippen LogP contribution in [-0.4, -0.2) is 14.5 Å². The van der Waals surface area contributed by atoms with Gasteiger partial charge >= 0.3 is 0 Å². The number of hydrogen-bond donors (Lipinski definition) is 2. The summed E-state index contributed by atoms with van der Waals surface area (Å²) < 4.78 is 27.4. The molecule has 1 aromatic heterocycles. The van der Waals surface area contributed by atoms with Crippen molar-refractivity contribution in [2.75, 3.05) is 0 Å². The molecule has 0 aliphatic rings. The molecule has 20 heavy (non-hydrogen) atoms. The Labute approximate surface area is 118 Å². The molecule has 0 aliphatic carbocycles. The van der Waals surface area contributed by atoms with Crippen molar-refractivity contribution in [2.45, 2.75) is 31.0 Å². The van der Waals surface area contributed by atoms with Crippen LogP contribution in [0, 0.1) is 0 Å². The van der Waals surface area contributed by atoms with Gasteiger partial charge in [0, 0.05) is 6.04 Å². The van der Waals surface area contributed by atoms with Crippen LogP contribution < -0.4 is 10.5 Å². The average Bonchev–Trinajstić information content (AvgIpc) is 2.86. The lowest BCUT2D eigenvalue weighted by Crippen LogP contribution is -2.27. The summed E-state index contributed by atoms with van der Waals surface area (Å²) in [4.78, 5) is 0. The molecule has 1 aromatic carbocycles. The molecule has 1 atom stereocenters. The van der Waals surface area contributed by atoms with Gasteiger partial charge in [-0.25, -0.2) is 13.6 Å². The van der Waals surface area contributed by atoms with Gasteiger partial charge < -0.3 is 9.73 Å². The zero-order valence-corrected chi connectivity index (χ0v) is 12.1. The predicted molar refractivity (Wildman–Crippen MR) is 76.5 cm³/mol. The number of primary sulfonamides is 1. The van der Waals surface area contributed by atoms with Gasteiger partial charge in [0.05, 0.1) is 6.54 Å². The third-order valence-electron chi connectivity index (χ3n) is 2.93. The summed E-state index contributed by atoms with van der Waals surface area (Å²) in [6.45, 7) is 2.53. The second kappa shape index (κ2) is 6.21. The van der Waals surface area contributed by atoms with Gasteiger partial charge in [-0.15, -0.1) is 0 Å². The van der Waals surface area contributed by atoms with Crippen LogP contribution in [-0.2, 0) is 23.0 Å². The number of sulfonamides is 1. The summed E-state index contributed by atoms with van der Waals surface area (Å²) in [7, 11) is -3.76. The molecule has 1 unspecified atom stereocenters. The van der Waals surface area contributed by atoms with Gasteiger partial charge in [-0.1, -0.05) is 30.3 Å². The number of rotatable bonds is 6. The van der Waals surface area contributed by atoms with E-state index in [2.05, 4.69) is 24.4 Å². The predicted octanol–water partition coefficient (Wildman–Crippen LogP) is 1.65. The van der Waals surface area contributed by atoms with Gasteiger partial charge in [-0.2, -0.15) is 0 Å². The lowest BCUT2D eigenvalue weighted by atomic mass is 10.1. The average molecular weight is 294 g/mol. The van der Waals surface area contributed by atoms with E-state index in [0.29, 0.717) is 12.3 Å². The first-order valence-corrected chi connectivity index (χ1v) is 7.88. The highest BCUT2D eigenvalue weighted by molar-refractivity contribution is 7.89. The minimum absolute atomic E-state index is 0.204. The molecule has 2 aromatic rings. The van der Waals surface area contributed by atoms with Crippen molar-refractivity contribution < 1.29 is 12.8 Å². The van der Waals surface area contributed by atoms with E-state index in [9.17, 15) is 8.42 Å². The molecular weight excluding hydrogens is 276 g/mol. The van der Waals surface area contributed by atoms with Crippen molar-refractivity contribution in [2.24, 2.45) is 5.14 Å².